The van der Waals surface area contributed by atoms with Gasteiger partial charge in [0, 0.05) is 10.2 Å². The van der Waals surface area contributed by atoms with E-state index in [0.717, 1.165) is 23.1 Å². The molecular weight excluding hydrogens is 394 g/mol. The van der Waals surface area contributed by atoms with E-state index in [0.29, 0.717) is 30.2 Å². The number of carbonyl (C=O) groups is 1. The molecule has 1 N–H and O–H groups in total. The van der Waals surface area contributed by atoms with Crippen molar-refractivity contribution < 1.29 is 14.3 Å². The van der Waals surface area contributed by atoms with Crippen molar-refractivity contribution in [3.63, 3.8) is 0 Å². The van der Waals surface area contributed by atoms with Crippen LogP contribution >= 0.6 is 15.9 Å². The van der Waals surface area contributed by atoms with Crippen LogP contribution in [0.3, 0.4) is 0 Å². The normalized spacial score (nSPS) is 10.4. The molecule has 4 nitrogen and oxygen atoms in total. The standard InChI is InChI=1S/C21H26BrNO3/c1-3-5-6-7-14-26-20-13-8-16(22)15-19(20)21(24)23-17-9-11-18(12-10-17)25-4-2/h8-13,15H,3-7,14H2,1-2H3,(H,23,24). The second kappa shape index (κ2) is 10.9. The van der Waals surface area contributed by atoms with Gasteiger partial charge in [0.15, 0.2) is 0 Å². The summed E-state index contributed by atoms with van der Waals surface area (Å²) in [6, 6.07) is 12.8. The molecule has 0 radical (unpaired) electrons. The van der Waals surface area contributed by atoms with Gasteiger partial charge >= 0.3 is 0 Å². The predicted octanol–water partition coefficient (Wildman–Crippen LogP) is 6.06. The van der Waals surface area contributed by atoms with E-state index in [2.05, 4.69) is 28.2 Å². The lowest BCUT2D eigenvalue weighted by molar-refractivity contribution is 0.102. The van der Waals surface area contributed by atoms with E-state index in [1.54, 1.807) is 6.07 Å². The van der Waals surface area contributed by atoms with Crippen LogP contribution in [0, 0.1) is 0 Å². The number of unbranched alkanes of at least 4 members (excludes halogenated alkanes) is 3. The zero-order valence-corrected chi connectivity index (χ0v) is 17.0. The Balaban J connectivity index is 2.03. The summed E-state index contributed by atoms with van der Waals surface area (Å²) >= 11 is 3.43. The topological polar surface area (TPSA) is 47.6 Å². The number of hydrogen-bond acceptors (Lipinski definition) is 3. The Morgan fingerprint density at radius 2 is 1.77 bits per heavy atom. The first-order valence-corrected chi connectivity index (χ1v) is 9.90. The van der Waals surface area contributed by atoms with Gasteiger partial charge < -0.3 is 14.8 Å². The summed E-state index contributed by atoms with van der Waals surface area (Å²) in [5.74, 6) is 1.19. The Bertz CT molecular complexity index is 701. The van der Waals surface area contributed by atoms with Crippen LogP contribution < -0.4 is 14.8 Å². The molecule has 0 aliphatic heterocycles. The maximum absolute atomic E-state index is 12.7. The molecule has 0 atom stereocenters. The summed E-state index contributed by atoms with van der Waals surface area (Å²) in [6.45, 7) is 5.35. The fraction of sp³-hybridized carbons (Fsp3) is 0.381. The summed E-state index contributed by atoms with van der Waals surface area (Å²) in [5, 5.41) is 2.91. The average molecular weight is 420 g/mol. The second-order valence-electron chi connectivity index (χ2n) is 5.96. The number of benzene rings is 2. The Morgan fingerprint density at radius 3 is 2.46 bits per heavy atom. The fourth-order valence-electron chi connectivity index (χ4n) is 2.52. The van der Waals surface area contributed by atoms with Crippen LogP contribution in [0.5, 0.6) is 11.5 Å². The third kappa shape index (κ3) is 6.37. The second-order valence-corrected chi connectivity index (χ2v) is 6.88. The molecule has 5 heteroatoms. The largest absolute Gasteiger partial charge is 0.494 e. The van der Waals surface area contributed by atoms with Crippen LogP contribution in [-0.2, 0) is 0 Å². The molecule has 0 bridgehead atoms. The summed E-state index contributed by atoms with van der Waals surface area (Å²) in [6.07, 6.45) is 4.52. The van der Waals surface area contributed by atoms with Crippen LogP contribution in [0.25, 0.3) is 0 Å². The monoisotopic (exact) mass is 419 g/mol. The summed E-state index contributed by atoms with van der Waals surface area (Å²) in [4.78, 5) is 12.7. The number of nitrogens with one attached hydrogen (secondary N) is 1. The van der Waals surface area contributed by atoms with Crippen LogP contribution in [0.15, 0.2) is 46.9 Å². The fourth-order valence-corrected chi connectivity index (χ4v) is 2.88. The van der Waals surface area contributed by atoms with Gasteiger partial charge in [0.1, 0.15) is 11.5 Å². The summed E-state index contributed by atoms with van der Waals surface area (Å²) in [7, 11) is 0. The van der Waals surface area contributed by atoms with E-state index < -0.39 is 0 Å². The van der Waals surface area contributed by atoms with Gasteiger partial charge in [0.2, 0.25) is 0 Å². The quantitative estimate of drug-likeness (QED) is 0.476. The summed E-state index contributed by atoms with van der Waals surface area (Å²) < 4.78 is 12.1. The molecule has 0 fully saturated rings. The minimum atomic E-state index is -0.195. The van der Waals surface area contributed by atoms with Gasteiger partial charge in [-0.05, 0) is 55.8 Å². The van der Waals surface area contributed by atoms with E-state index in [4.69, 9.17) is 9.47 Å². The van der Waals surface area contributed by atoms with Crippen LogP contribution in [0.2, 0.25) is 0 Å². The maximum atomic E-state index is 12.7. The molecule has 0 spiro atoms. The van der Waals surface area contributed by atoms with Gasteiger partial charge in [0.25, 0.3) is 5.91 Å². The van der Waals surface area contributed by atoms with Crippen molar-refractivity contribution in [3.8, 4) is 11.5 Å². The van der Waals surface area contributed by atoms with Crippen molar-refractivity contribution in [1.29, 1.82) is 0 Å². The molecule has 2 rings (SSSR count). The van der Waals surface area contributed by atoms with Gasteiger partial charge in [-0.3, -0.25) is 4.79 Å². The average Bonchev–Trinajstić information content (AvgIpc) is 2.64. The van der Waals surface area contributed by atoms with Gasteiger partial charge in [-0.2, -0.15) is 0 Å². The van der Waals surface area contributed by atoms with Gasteiger partial charge in [-0.15, -0.1) is 0 Å². The number of amides is 1. The molecule has 1 amide bonds. The molecule has 0 heterocycles. The first-order chi connectivity index (χ1) is 12.6. The molecule has 0 saturated carbocycles. The highest BCUT2D eigenvalue weighted by molar-refractivity contribution is 9.10. The molecule has 140 valence electrons. The minimum absolute atomic E-state index is 0.195. The zero-order chi connectivity index (χ0) is 18.8. The highest BCUT2D eigenvalue weighted by Crippen LogP contribution is 2.25. The lowest BCUT2D eigenvalue weighted by Gasteiger charge is -2.13. The number of rotatable bonds is 10. The molecule has 2 aromatic carbocycles. The molecule has 0 aliphatic carbocycles. The number of hydrogen-bond donors (Lipinski definition) is 1. The van der Waals surface area contributed by atoms with Gasteiger partial charge in [-0.1, -0.05) is 42.1 Å². The van der Waals surface area contributed by atoms with E-state index in [9.17, 15) is 4.79 Å². The van der Waals surface area contributed by atoms with Crippen LogP contribution in [0.1, 0.15) is 49.9 Å². The highest BCUT2D eigenvalue weighted by atomic mass is 79.9. The third-order valence-corrected chi connectivity index (χ3v) is 4.36. The van der Waals surface area contributed by atoms with E-state index in [1.807, 2.05) is 43.3 Å². The predicted molar refractivity (Wildman–Crippen MR) is 109 cm³/mol. The number of anilines is 1. The lowest BCUT2D eigenvalue weighted by atomic mass is 10.1. The smallest absolute Gasteiger partial charge is 0.259 e. The Kier molecular flexibility index (Phi) is 8.48. The molecular formula is C21H26BrNO3. The van der Waals surface area contributed by atoms with Crippen molar-refractivity contribution >= 4 is 27.5 Å². The molecule has 26 heavy (non-hydrogen) atoms. The number of carbonyl (C=O) groups excluding carboxylic acids is 1. The number of ether oxygens (including phenoxy) is 2. The van der Waals surface area contributed by atoms with Crippen molar-refractivity contribution in [1.82, 2.24) is 0 Å². The molecule has 0 saturated heterocycles. The third-order valence-electron chi connectivity index (χ3n) is 3.86. The van der Waals surface area contributed by atoms with Crippen molar-refractivity contribution in [2.75, 3.05) is 18.5 Å². The number of halogens is 1. The maximum Gasteiger partial charge on any atom is 0.259 e. The van der Waals surface area contributed by atoms with Crippen molar-refractivity contribution in [3.05, 3.63) is 52.5 Å². The minimum Gasteiger partial charge on any atom is -0.494 e. The first kappa shape index (κ1) is 20.3. The Labute approximate surface area is 164 Å². The highest BCUT2D eigenvalue weighted by Gasteiger charge is 2.14. The Morgan fingerprint density at radius 1 is 1.00 bits per heavy atom. The van der Waals surface area contributed by atoms with E-state index >= 15 is 0 Å². The SMILES string of the molecule is CCCCCCOc1ccc(Br)cc1C(=O)Nc1ccc(OCC)cc1. The summed E-state index contributed by atoms with van der Waals surface area (Å²) in [5.41, 5.74) is 1.23. The molecule has 0 aliphatic rings. The molecule has 2 aromatic rings. The van der Waals surface area contributed by atoms with Crippen molar-refractivity contribution in [2.24, 2.45) is 0 Å². The van der Waals surface area contributed by atoms with Crippen LogP contribution in [-0.4, -0.2) is 19.1 Å². The molecule has 0 unspecified atom stereocenters. The van der Waals surface area contributed by atoms with E-state index in [1.165, 1.54) is 12.8 Å². The van der Waals surface area contributed by atoms with Gasteiger partial charge in [-0.25, -0.2) is 0 Å². The first-order valence-electron chi connectivity index (χ1n) is 9.10. The van der Waals surface area contributed by atoms with Crippen LogP contribution in [0.4, 0.5) is 5.69 Å². The van der Waals surface area contributed by atoms with E-state index in [-0.39, 0.29) is 5.91 Å². The van der Waals surface area contributed by atoms with Crippen molar-refractivity contribution in [2.45, 2.75) is 39.5 Å². The molecule has 0 aromatic heterocycles. The van der Waals surface area contributed by atoms with Gasteiger partial charge in [0.05, 0.1) is 18.8 Å². The Hall–Kier alpha value is -2.01. The zero-order valence-electron chi connectivity index (χ0n) is 15.4. The lowest BCUT2D eigenvalue weighted by Crippen LogP contribution is -2.14.